The second kappa shape index (κ2) is 4.70. The molecule has 4 N–H and O–H groups in total. The first-order chi connectivity index (χ1) is 6.54. The monoisotopic (exact) mass is 205 g/mol. The van der Waals surface area contributed by atoms with Crippen molar-refractivity contribution in [1.29, 1.82) is 0 Å². The number of hydrogen-bond donors (Lipinski definition) is 4. The van der Waals surface area contributed by atoms with Crippen molar-refractivity contribution in [2.24, 2.45) is 0 Å². The van der Waals surface area contributed by atoms with E-state index in [4.69, 9.17) is 9.84 Å². The van der Waals surface area contributed by atoms with Gasteiger partial charge in [0.15, 0.2) is 6.29 Å². The Bertz CT molecular complexity index is 198. The van der Waals surface area contributed by atoms with Crippen molar-refractivity contribution in [2.75, 3.05) is 6.61 Å². The first-order valence-corrected chi connectivity index (χ1v) is 4.44. The number of amides is 1. The normalized spacial score (nSPS) is 38.0. The average molecular weight is 205 g/mol. The Morgan fingerprint density at radius 1 is 1.57 bits per heavy atom. The number of aliphatic hydroxyl groups excluding tert-OH is 3. The minimum Gasteiger partial charge on any atom is -0.394 e. The molecule has 0 aromatic rings. The maximum absolute atomic E-state index is 10.7. The third-order valence-corrected chi connectivity index (χ3v) is 2.13. The van der Waals surface area contributed by atoms with Crippen molar-refractivity contribution in [1.82, 2.24) is 5.32 Å². The quantitative estimate of drug-likeness (QED) is 0.416. The SMILES string of the molecule is CC(=O)N[C@H]1C(O)O[C@@H](CO)C[C@H]1O. The van der Waals surface area contributed by atoms with Crippen LogP contribution in [0.2, 0.25) is 0 Å². The molecule has 6 heteroatoms. The molecule has 0 aromatic heterocycles. The van der Waals surface area contributed by atoms with Crippen LogP contribution in [0.3, 0.4) is 0 Å². The van der Waals surface area contributed by atoms with E-state index in [0.717, 1.165) is 0 Å². The van der Waals surface area contributed by atoms with Crippen LogP contribution in [0.1, 0.15) is 13.3 Å². The second-order valence-electron chi connectivity index (χ2n) is 3.36. The van der Waals surface area contributed by atoms with Gasteiger partial charge >= 0.3 is 0 Å². The molecule has 82 valence electrons. The Morgan fingerprint density at radius 2 is 2.21 bits per heavy atom. The first kappa shape index (κ1) is 11.4. The standard InChI is InChI=1S/C8H15NO5/c1-4(11)9-7-6(12)2-5(3-10)14-8(7)13/h5-8,10,12-13H,2-3H2,1H3,(H,9,11)/t5-,6-,7-,8?/m1/s1. The first-order valence-electron chi connectivity index (χ1n) is 4.44. The topological polar surface area (TPSA) is 99.0 Å². The molecule has 0 spiro atoms. The molecule has 0 aromatic carbocycles. The zero-order chi connectivity index (χ0) is 10.7. The van der Waals surface area contributed by atoms with Gasteiger partial charge < -0.3 is 25.4 Å². The van der Waals surface area contributed by atoms with Crippen molar-refractivity contribution < 1.29 is 24.9 Å². The minimum atomic E-state index is -1.28. The Hall–Kier alpha value is -0.690. The third-order valence-electron chi connectivity index (χ3n) is 2.13. The summed E-state index contributed by atoms with van der Waals surface area (Å²) in [5.41, 5.74) is 0. The van der Waals surface area contributed by atoms with Crippen LogP contribution in [-0.4, -0.2) is 52.4 Å². The van der Waals surface area contributed by atoms with Gasteiger partial charge in [-0.2, -0.15) is 0 Å². The van der Waals surface area contributed by atoms with Crippen LogP contribution < -0.4 is 5.32 Å². The zero-order valence-corrected chi connectivity index (χ0v) is 7.88. The summed E-state index contributed by atoms with van der Waals surface area (Å²) in [6.45, 7) is 1.03. The highest BCUT2D eigenvalue weighted by Gasteiger charge is 2.36. The lowest BCUT2D eigenvalue weighted by atomic mass is 10.0. The fraction of sp³-hybridized carbons (Fsp3) is 0.875. The summed E-state index contributed by atoms with van der Waals surface area (Å²) >= 11 is 0. The summed E-state index contributed by atoms with van der Waals surface area (Å²) in [7, 11) is 0. The molecule has 0 saturated carbocycles. The summed E-state index contributed by atoms with van der Waals surface area (Å²) in [5.74, 6) is -0.348. The van der Waals surface area contributed by atoms with Gasteiger partial charge in [0.1, 0.15) is 6.04 Å². The number of ether oxygens (including phenoxy) is 1. The van der Waals surface area contributed by atoms with Crippen molar-refractivity contribution >= 4 is 5.91 Å². The van der Waals surface area contributed by atoms with E-state index in [1.165, 1.54) is 6.92 Å². The Balaban J connectivity index is 2.55. The van der Waals surface area contributed by atoms with Crippen molar-refractivity contribution in [2.45, 2.75) is 37.9 Å². The van der Waals surface area contributed by atoms with Gasteiger partial charge in [-0.15, -0.1) is 0 Å². The number of aliphatic hydroxyl groups is 3. The number of carbonyl (C=O) groups excluding carboxylic acids is 1. The van der Waals surface area contributed by atoms with Crippen molar-refractivity contribution in [3.05, 3.63) is 0 Å². The van der Waals surface area contributed by atoms with Gasteiger partial charge in [0.2, 0.25) is 5.91 Å². The Labute approximate surface area is 81.5 Å². The third kappa shape index (κ3) is 2.65. The number of carbonyl (C=O) groups is 1. The van der Waals surface area contributed by atoms with Crippen molar-refractivity contribution in [3.63, 3.8) is 0 Å². The van der Waals surface area contributed by atoms with E-state index < -0.39 is 24.5 Å². The van der Waals surface area contributed by atoms with E-state index in [0.29, 0.717) is 0 Å². The molecule has 1 aliphatic heterocycles. The number of rotatable bonds is 2. The summed E-state index contributed by atoms with van der Waals surface area (Å²) in [4.78, 5) is 10.7. The van der Waals surface area contributed by atoms with E-state index in [2.05, 4.69) is 5.32 Å². The summed E-state index contributed by atoms with van der Waals surface area (Å²) in [5, 5.41) is 30.0. The molecular formula is C8H15NO5. The average Bonchev–Trinajstić information content (AvgIpc) is 2.10. The van der Waals surface area contributed by atoms with Gasteiger partial charge in [0, 0.05) is 13.3 Å². The predicted octanol–water partition coefficient (Wildman–Crippen LogP) is -2.05. The lowest BCUT2D eigenvalue weighted by molar-refractivity contribution is -0.214. The van der Waals surface area contributed by atoms with Crippen LogP contribution >= 0.6 is 0 Å². The van der Waals surface area contributed by atoms with Gasteiger partial charge in [0.05, 0.1) is 18.8 Å². The Kier molecular flexibility index (Phi) is 3.82. The molecule has 6 nitrogen and oxygen atoms in total. The second-order valence-corrected chi connectivity index (χ2v) is 3.36. The molecule has 4 atom stereocenters. The van der Waals surface area contributed by atoms with E-state index in [1.54, 1.807) is 0 Å². The highest BCUT2D eigenvalue weighted by atomic mass is 16.6. The molecule has 1 fully saturated rings. The van der Waals surface area contributed by atoms with E-state index in [-0.39, 0.29) is 18.9 Å². The predicted molar refractivity (Wildman–Crippen MR) is 46.2 cm³/mol. The molecular weight excluding hydrogens is 190 g/mol. The van der Waals surface area contributed by atoms with Gasteiger partial charge in [-0.1, -0.05) is 0 Å². The maximum Gasteiger partial charge on any atom is 0.217 e. The number of hydrogen-bond acceptors (Lipinski definition) is 5. The molecule has 1 rings (SSSR count). The largest absolute Gasteiger partial charge is 0.394 e. The van der Waals surface area contributed by atoms with Gasteiger partial charge in [-0.3, -0.25) is 4.79 Å². The Morgan fingerprint density at radius 3 is 2.64 bits per heavy atom. The molecule has 0 radical (unpaired) electrons. The highest BCUT2D eigenvalue weighted by molar-refractivity contribution is 5.73. The van der Waals surface area contributed by atoms with Crippen LogP contribution in [0, 0.1) is 0 Å². The summed E-state index contributed by atoms with van der Waals surface area (Å²) in [6.07, 6.45) is -2.57. The van der Waals surface area contributed by atoms with E-state index >= 15 is 0 Å². The van der Waals surface area contributed by atoms with Crippen LogP contribution in [0.15, 0.2) is 0 Å². The van der Waals surface area contributed by atoms with Crippen molar-refractivity contribution in [3.8, 4) is 0 Å². The lowest BCUT2D eigenvalue weighted by Crippen LogP contribution is -2.57. The fourth-order valence-corrected chi connectivity index (χ4v) is 1.46. The zero-order valence-electron chi connectivity index (χ0n) is 7.88. The lowest BCUT2D eigenvalue weighted by Gasteiger charge is -2.36. The smallest absolute Gasteiger partial charge is 0.217 e. The fourth-order valence-electron chi connectivity index (χ4n) is 1.46. The van der Waals surface area contributed by atoms with Crippen LogP contribution in [0.5, 0.6) is 0 Å². The number of nitrogens with one attached hydrogen (secondary N) is 1. The molecule has 0 bridgehead atoms. The van der Waals surface area contributed by atoms with Gasteiger partial charge in [0.25, 0.3) is 0 Å². The summed E-state index contributed by atoms with van der Waals surface area (Å²) in [6, 6.07) is -0.824. The van der Waals surface area contributed by atoms with Gasteiger partial charge in [-0.05, 0) is 0 Å². The molecule has 1 unspecified atom stereocenters. The molecule has 0 aliphatic carbocycles. The molecule has 1 aliphatic rings. The van der Waals surface area contributed by atoms with Crippen LogP contribution in [0.4, 0.5) is 0 Å². The highest BCUT2D eigenvalue weighted by Crippen LogP contribution is 2.18. The molecule has 1 heterocycles. The van der Waals surface area contributed by atoms with Crippen LogP contribution in [0.25, 0.3) is 0 Å². The minimum absolute atomic E-state index is 0.193. The maximum atomic E-state index is 10.7. The molecule has 14 heavy (non-hydrogen) atoms. The molecule has 1 saturated heterocycles. The van der Waals surface area contributed by atoms with E-state index in [9.17, 15) is 15.0 Å². The van der Waals surface area contributed by atoms with Crippen LogP contribution in [-0.2, 0) is 9.53 Å². The summed E-state index contributed by atoms with van der Waals surface area (Å²) < 4.78 is 4.95. The molecule has 1 amide bonds. The van der Waals surface area contributed by atoms with Gasteiger partial charge in [-0.25, -0.2) is 0 Å². The van der Waals surface area contributed by atoms with E-state index in [1.807, 2.05) is 0 Å².